The number of aromatic amines is 1. The fraction of sp³-hybridized carbons (Fsp3) is 0.667. The van der Waals surface area contributed by atoms with Crippen LogP contribution in [0.5, 0.6) is 0 Å². The largest absolute Gasteiger partial charge is 0.369 e. The third-order valence-corrected chi connectivity index (χ3v) is 5.44. The molecule has 1 aromatic rings. The molecule has 9 heteroatoms. The summed E-state index contributed by atoms with van der Waals surface area (Å²) in [6.45, 7) is 3.10. The number of halogens is 1. The minimum atomic E-state index is -3.19. The van der Waals surface area contributed by atoms with E-state index in [1.54, 1.807) is 0 Å². The second kappa shape index (κ2) is 6.76. The highest BCUT2D eigenvalue weighted by molar-refractivity contribution is 7.89. The minimum absolute atomic E-state index is 0.0634. The van der Waals surface area contributed by atoms with Gasteiger partial charge in [-0.2, -0.15) is 5.10 Å². The molecule has 7 nitrogen and oxygen atoms in total. The Balaban J connectivity index is 1.98. The zero-order valence-corrected chi connectivity index (χ0v) is 13.4. The van der Waals surface area contributed by atoms with Gasteiger partial charge in [-0.15, -0.1) is 0 Å². The van der Waals surface area contributed by atoms with Crippen LogP contribution in [-0.2, 0) is 10.0 Å². The van der Waals surface area contributed by atoms with Crippen molar-refractivity contribution in [3.05, 3.63) is 21.6 Å². The molecule has 1 fully saturated rings. The van der Waals surface area contributed by atoms with E-state index in [0.29, 0.717) is 38.0 Å². The summed E-state index contributed by atoms with van der Waals surface area (Å²) in [7, 11) is -3.19. The Morgan fingerprint density at radius 3 is 2.76 bits per heavy atom. The molecule has 0 bridgehead atoms. The van der Waals surface area contributed by atoms with Gasteiger partial charge in [-0.1, -0.05) is 18.5 Å². The zero-order chi connectivity index (χ0) is 15.5. The number of H-pyrrole nitrogens is 1. The molecule has 118 valence electrons. The SMILES string of the molecule is CCCS(=O)(=O)NC1CCN(c2cn[nH]c(=O)c2Cl)CC1. The number of hydrogen-bond donors (Lipinski definition) is 2. The standard InChI is InChI=1S/C12H19ClN4O3S/c1-2-7-21(19,20)16-9-3-5-17(6-4-9)10-8-14-15-12(18)11(10)13/h8-9,16H,2-7H2,1H3,(H,15,18). The molecular formula is C12H19ClN4O3S. The Labute approximate surface area is 128 Å². The van der Waals surface area contributed by atoms with E-state index in [4.69, 9.17) is 11.6 Å². The Kier molecular flexibility index (Phi) is 5.23. The van der Waals surface area contributed by atoms with Crippen molar-refractivity contribution in [1.82, 2.24) is 14.9 Å². The van der Waals surface area contributed by atoms with Gasteiger partial charge in [-0.3, -0.25) is 4.79 Å². The van der Waals surface area contributed by atoms with Gasteiger partial charge in [0.2, 0.25) is 10.0 Å². The van der Waals surface area contributed by atoms with E-state index in [9.17, 15) is 13.2 Å². The van der Waals surface area contributed by atoms with Crippen LogP contribution in [0.25, 0.3) is 0 Å². The molecule has 1 aromatic heterocycles. The van der Waals surface area contributed by atoms with E-state index in [1.807, 2.05) is 11.8 Å². The monoisotopic (exact) mass is 334 g/mol. The average Bonchev–Trinajstić information content (AvgIpc) is 2.42. The molecular weight excluding hydrogens is 316 g/mol. The summed E-state index contributed by atoms with van der Waals surface area (Å²) in [6, 6.07) is -0.0634. The molecule has 0 aromatic carbocycles. The van der Waals surface area contributed by atoms with Crippen molar-refractivity contribution < 1.29 is 8.42 Å². The normalized spacial score (nSPS) is 17.1. The number of nitrogens with one attached hydrogen (secondary N) is 2. The molecule has 0 radical (unpaired) electrons. The third-order valence-electron chi connectivity index (χ3n) is 3.43. The Bertz CT molecular complexity index is 638. The van der Waals surface area contributed by atoms with Gasteiger partial charge >= 0.3 is 0 Å². The molecule has 0 saturated carbocycles. The van der Waals surface area contributed by atoms with Crippen molar-refractivity contribution >= 4 is 27.3 Å². The molecule has 21 heavy (non-hydrogen) atoms. The summed E-state index contributed by atoms with van der Waals surface area (Å²) in [6.07, 6.45) is 3.46. The first kappa shape index (κ1) is 16.3. The summed E-state index contributed by atoms with van der Waals surface area (Å²) in [5.74, 6) is 0.150. The zero-order valence-electron chi connectivity index (χ0n) is 11.8. The van der Waals surface area contributed by atoms with Crippen LogP contribution in [0.1, 0.15) is 26.2 Å². The van der Waals surface area contributed by atoms with Crippen LogP contribution in [0.2, 0.25) is 5.02 Å². The molecule has 1 aliphatic heterocycles. The first-order chi connectivity index (χ1) is 9.93. The number of piperidine rings is 1. The predicted octanol–water partition coefficient (Wildman–Crippen LogP) is 0.722. The second-order valence-corrected chi connectivity index (χ2v) is 7.35. The van der Waals surface area contributed by atoms with Crippen molar-refractivity contribution in [2.24, 2.45) is 0 Å². The van der Waals surface area contributed by atoms with Gasteiger partial charge in [0.15, 0.2) is 0 Å². The fourth-order valence-corrected chi connectivity index (χ4v) is 4.02. The van der Waals surface area contributed by atoms with Gasteiger partial charge in [0.25, 0.3) is 5.56 Å². The van der Waals surface area contributed by atoms with Crippen molar-refractivity contribution in [2.45, 2.75) is 32.2 Å². The molecule has 0 atom stereocenters. The number of sulfonamides is 1. The van der Waals surface area contributed by atoms with Crippen LogP contribution >= 0.6 is 11.6 Å². The number of nitrogens with zero attached hydrogens (tertiary/aromatic N) is 2. The lowest BCUT2D eigenvalue weighted by molar-refractivity contribution is 0.459. The van der Waals surface area contributed by atoms with Crippen LogP contribution in [0.3, 0.4) is 0 Å². The van der Waals surface area contributed by atoms with Crippen molar-refractivity contribution in [2.75, 3.05) is 23.7 Å². The van der Waals surface area contributed by atoms with Crippen LogP contribution in [0.4, 0.5) is 5.69 Å². The minimum Gasteiger partial charge on any atom is -0.369 e. The first-order valence-corrected chi connectivity index (χ1v) is 8.94. The number of aromatic nitrogens is 2. The summed E-state index contributed by atoms with van der Waals surface area (Å²) in [5, 5.41) is 6.15. The van der Waals surface area contributed by atoms with Crippen LogP contribution < -0.4 is 15.2 Å². The van der Waals surface area contributed by atoms with Crippen molar-refractivity contribution in [3.63, 3.8) is 0 Å². The maximum atomic E-state index is 11.7. The molecule has 0 spiro atoms. The van der Waals surface area contributed by atoms with Crippen molar-refractivity contribution in [3.8, 4) is 0 Å². The van der Waals surface area contributed by atoms with Crippen molar-refractivity contribution in [1.29, 1.82) is 0 Å². The Hall–Kier alpha value is -1.12. The van der Waals surface area contributed by atoms with Gasteiger partial charge in [0.05, 0.1) is 17.6 Å². The number of rotatable bonds is 5. The van der Waals surface area contributed by atoms with E-state index in [2.05, 4.69) is 14.9 Å². The molecule has 1 aliphatic rings. The highest BCUT2D eigenvalue weighted by atomic mass is 35.5. The average molecular weight is 335 g/mol. The topological polar surface area (TPSA) is 95.2 Å². The van der Waals surface area contributed by atoms with Crippen LogP contribution in [0.15, 0.2) is 11.0 Å². The Morgan fingerprint density at radius 1 is 1.48 bits per heavy atom. The second-order valence-electron chi connectivity index (χ2n) is 5.10. The van der Waals surface area contributed by atoms with E-state index in [-0.39, 0.29) is 16.8 Å². The fourth-order valence-electron chi connectivity index (χ4n) is 2.41. The quantitative estimate of drug-likeness (QED) is 0.827. The van der Waals surface area contributed by atoms with E-state index in [0.717, 1.165) is 0 Å². The summed E-state index contributed by atoms with van der Waals surface area (Å²) >= 11 is 5.97. The van der Waals surface area contributed by atoms with Crippen LogP contribution in [0, 0.1) is 0 Å². The molecule has 1 saturated heterocycles. The van der Waals surface area contributed by atoms with Gasteiger partial charge in [0, 0.05) is 19.1 Å². The van der Waals surface area contributed by atoms with E-state index < -0.39 is 15.6 Å². The highest BCUT2D eigenvalue weighted by Gasteiger charge is 2.24. The maximum absolute atomic E-state index is 11.7. The predicted molar refractivity (Wildman–Crippen MR) is 82.3 cm³/mol. The summed E-state index contributed by atoms with van der Waals surface area (Å²) in [5.41, 5.74) is 0.176. The molecule has 2 N–H and O–H groups in total. The maximum Gasteiger partial charge on any atom is 0.285 e. The Morgan fingerprint density at radius 2 is 2.14 bits per heavy atom. The van der Waals surface area contributed by atoms with Gasteiger partial charge < -0.3 is 4.90 Å². The lowest BCUT2D eigenvalue weighted by Gasteiger charge is -2.33. The van der Waals surface area contributed by atoms with E-state index >= 15 is 0 Å². The molecule has 0 amide bonds. The lowest BCUT2D eigenvalue weighted by Crippen LogP contribution is -2.45. The lowest BCUT2D eigenvalue weighted by atomic mass is 10.1. The van der Waals surface area contributed by atoms with Gasteiger partial charge in [-0.25, -0.2) is 18.2 Å². The third kappa shape index (κ3) is 4.18. The number of anilines is 1. The molecule has 0 unspecified atom stereocenters. The van der Waals surface area contributed by atoms with Gasteiger partial charge in [-0.05, 0) is 19.3 Å². The smallest absolute Gasteiger partial charge is 0.285 e. The van der Waals surface area contributed by atoms with Crippen LogP contribution in [-0.4, -0.2) is 43.5 Å². The molecule has 2 heterocycles. The van der Waals surface area contributed by atoms with E-state index in [1.165, 1.54) is 6.20 Å². The van der Waals surface area contributed by atoms with Gasteiger partial charge in [0.1, 0.15) is 5.02 Å². The summed E-state index contributed by atoms with van der Waals surface area (Å²) < 4.78 is 26.2. The highest BCUT2D eigenvalue weighted by Crippen LogP contribution is 2.24. The molecule has 0 aliphatic carbocycles. The summed E-state index contributed by atoms with van der Waals surface area (Å²) in [4.78, 5) is 13.4. The molecule has 2 rings (SSSR count). The number of hydrogen-bond acceptors (Lipinski definition) is 5. The first-order valence-electron chi connectivity index (χ1n) is 6.91.